The van der Waals surface area contributed by atoms with Crippen LogP contribution in [0.3, 0.4) is 0 Å². The summed E-state index contributed by atoms with van der Waals surface area (Å²) in [5.41, 5.74) is 1.76. The predicted molar refractivity (Wildman–Crippen MR) is 33.1 cm³/mol. The Balaban J connectivity index is 3.27. The standard InChI is InChI=1S/C5H12N2O2/c1-4(2)7-5(8)3-6-9/h4,6,9H,3H2,1-2H3,(H,7,8). The Morgan fingerprint density at radius 3 is 2.56 bits per heavy atom. The van der Waals surface area contributed by atoms with Crippen LogP contribution in [0.1, 0.15) is 13.8 Å². The van der Waals surface area contributed by atoms with Crippen molar-refractivity contribution in [3.8, 4) is 0 Å². The van der Waals surface area contributed by atoms with Crippen molar-refractivity contribution >= 4 is 5.91 Å². The number of amides is 1. The molecular weight excluding hydrogens is 120 g/mol. The molecule has 4 heteroatoms. The smallest absolute Gasteiger partial charge is 0.236 e. The molecule has 0 aliphatic carbocycles. The fourth-order valence-corrected chi connectivity index (χ4v) is 0.445. The van der Waals surface area contributed by atoms with Crippen LogP contribution in [0.5, 0.6) is 0 Å². The summed E-state index contributed by atoms with van der Waals surface area (Å²) in [7, 11) is 0. The number of carbonyl (C=O) groups is 1. The number of hydrogen-bond acceptors (Lipinski definition) is 3. The molecule has 1 amide bonds. The van der Waals surface area contributed by atoms with Crippen molar-refractivity contribution in [1.29, 1.82) is 0 Å². The summed E-state index contributed by atoms with van der Waals surface area (Å²) in [6.07, 6.45) is 0. The average molecular weight is 132 g/mol. The minimum Gasteiger partial charge on any atom is -0.353 e. The van der Waals surface area contributed by atoms with Gasteiger partial charge in [0, 0.05) is 6.04 Å². The summed E-state index contributed by atoms with van der Waals surface area (Å²) in [4.78, 5) is 10.5. The second-order valence-corrected chi connectivity index (χ2v) is 2.06. The number of hydrogen-bond donors (Lipinski definition) is 3. The predicted octanol–water partition coefficient (Wildman–Crippen LogP) is -0.510. The van der Waals surface area contributed by atoms with Crippen LogP contribution >= 0.6 is 0 Å². The maximum atomic E-state index is 10.5. The van der Waals surface area contributed by atoms with Crippen molar-refractivity contribution in [3.63, 3.8) is 0 Å². The summed E-state index contributed by atoms with van der Waals surface area (Å²) >= 11 is 0. The van der Waals surface area contributed by atoms with Crippen LogP contribution in [0.15, 0.2) is 0 Å². The maximum absolute atomic E-state index is 10.5. The molecule has 0 unspecified atom stereocenters. The molecule has 0 saturated heterocycles. The third-order valence-corrected chi connectivity index (χ3v) is 0.689. The van der Waals surface area contributed by atoms with Gasteiger partial charge in [0.15, 0.2) is 0 Å². The van der Waals surface area contributed by atoms with Gasteiger partial charge >= 0.3 is 0 Å². The van der Waals surface area contributed by atoms with Gasteiger partial charge in [-0.05, 0) is 13.8 Å². The van der Waals surface area contributed by atoms with E-state index in [1.54, 1.807) is 5.48 Å². The van der Waals surface area contributed by atoms with Gasteiger partial charge in [-0.3, -0.25) is 4.79 Å². The molecule has 0 saturated carbocycles. The summed E-state index contributed by atoms with van der Waals surface area (Å²) in [5.74, 6) is -0.201. The van der Waals surface area contributed by atoms with Crippen molar-refractivity contribution in [3.05, 3.63) is 0 Å². The van der Waals surface area contributed by atoms with Gasteiger partial charge in [-0.25, -0.2) is 0 Å². The highest BCUT2D eigenvalue weighted by Crippen LogP contribution is 1.74. The minimum absolute atomic E-state index is 0.0435. The van der Waals surface area contributed by atoms with Crippen molar-refractivity contribution < 1.29 is 10.0 Å². The number of nitrogens with one attached hydrogen (secondary N) is 2. The molecule has 9 heavy (non-hydrogen) atoms. The molecule has 0 radical (unpaired) electrons. The van der Waals surface area contributed by atoms with Crippen LogP contribution < -0.4 is 10.8 Å². The normalized spacial score (nSPS) is 9.78. The summed E-state index contributed by atoms with van der Waals surface area (Å²) in [6.45, 7) is 3.67. The highest BCUT2D eigenvalue weighted by molar-refractivity contribution is 5.78. The lowest BCUT2D eigenvalue weighted by Crippen LogP contribution is -2.36. The Morgan fingerprint density at radius 2 is 2.22 bits per heavy atom. The molecule has 0 aliphatic rings. The lowest BCUT2D eigenvalue weighted by molar-refractivity contribution is -0.122. The molecule has 0 aliphatic heterocycles. The molecule has 0 heterocycles. The molecule has 0 aromatic heterocycles. The van der Waals surface area contributed by atoms with E-state index in [2.05, 4.69) is 5.32 Å². The molecule has 0 fully saturated rings. The molecular formula is C5H12N2O2. The first-order chi connectivity index (χ1) is 4.16. The largest absolute Gasteiger partial charge is 0.353 e. The molecule has 3 N–H and O–H groups in total. The van der Waals surface area contributed by atoms with E-state index in [0.717, 1.165) is 0 Å². The molecule has 0 aromatic carbocycles. The van der Waals surface area contributed by atoms with Crippen LogP contribution in [0.2, 0.25) is 0 Å². The van der Waals surface area contributed by atoms with Crippen LogP contribution in [0.25, 0.3) is 0 Å². The van der Waals surface area contributed by atoms with Crippen molar-refractivity contribution in [2.75, 3.05) is 6.54 Å². The number of rotatable bonds is 3. The van der Waals surface area contributed by atoms with E-state index < -0.39 is 0 Å². The Bertz CT molecular complexity index is 93.0. The van der Waals surface area contributed by atoms with Crippen molar-refractivity contribution in [1.82, 2.24) is 10.8 Å². The van der Waals surface area contributed by atoms with E-state index in [1.165, 1.54) is 0 Å². The molecule has 0 aromatic rings. The van der Waals surface area contributed by atoms with Crippen LogP contribution in [0, 0.1) is 0 Å². The molecule has 0 bridgehead atoms. The first kappa shape index (κ1) is 8.39. The molecule has 4 nitrogen and oxygen atoms in total. The summed E-state index contributed by atoms with van der Waals surface area (Å²) in [5, 5.41) is 10.6. The monoisotopic (exact) mass is 132 g/mol. The zero-order valence-corrected chi connectivity index (χ0v) is 5.64. The zero-order chi connectivity index (χ0) is 7.28. The highest BCUT2D eigenvalue weighted by Gasteiger charge is 1.99. The van der Waals surface area contributed by atoms with E-state index in [4.69, 9.17) is 5.21 Å². The Kier molecular flexibility index (Phi) is 4.00. The van der Waals surface area contributed by atoms with Gasteiger partial charge in [0.1, 0.15) is 0 Å². The van der Waals surface area contributed by atoms with Crippen LogP contribution in [0.4, 0.5) is 0 Å². The van der Waals surface area contributed by atoms with E-state index in [9.17, 15) is 4.79 Å². The van der Waals surface area contributed by atoms with Gasteiger partial charge in [-0.1, -0.05) is 0 Å². The second-order valence-electron chi connectivity index (χ2n) is 2.06. The van der Waals surface area contributed by atoms with Gasteiger partial charge in [-0.15, -0.1) is 0 Å². The van der Waals surface area contributed by atoms with Gasteiger partial charge in [0.25, 0.3) is 0 Å². The third-order valence-electron chi connectivity index (χ3n) is 0.689. The minimum atomic E-state index is -0.201. The van der Waals surface area contributed by atoms with Crippen LogP contribution in [-0.4, -0.2) is 23.7 Å². The third kappa shape index (κ3) is 5.26. The fourth-order valence-electron chi connectivity index (χ4n) is 0.445. The van der Waals surface area contributed by atoms with Gasteiger partial charge in [-0.2, -0.15) is 5.48 Å². The maximum Gasteiger partial charge on any atom is 0.236 e. The molecule has 54 valence electrons. The Morgan fingerprint density at radius 1 is 1.67 bits per heavy atom. The molecule has 0 spiro atoms. The fraction of sp³-hybridized carbons (Fsp3) is 0.800. The summed E-state index contributed by atoms with van der Waals surface area (Å²) in [6, 6.07) is 0.130. The SMILES string of the molecule is CC(C)NC(=O)CNO. The van der Waals surface area contributed by atoms with Crippen LogP contribution in [-0.2, 0) is 4.79 Å². The Hall–Kier alpha value is -0.610. The average Bonchev–Trinajstić information content (AvgIpc) is 1.63. The number of carbonyl (C=O) groups excluding carboxylic acids is 1. The molecule has 0 atom stereocenters. The Labute approximate surface area is 54.2 Å². The van der Waals surface area contributed by atoms with Crippen molar-refractivity contribution in [2.45, 2.75) is 19.9 Å². The number of hydroxylamine groups is 1. The first-order valence-corrected chi connectivity index (χ1v) is 2.83. The first-order valence-electron chi connectivity index (χ1n) is 2.83. The summed E-state index contributed by atoms with van der Waals surface area (Å²) < 4.78 is 0. The van der Waals surface area contributed by atoms with E-state index in [1.807, 2.05) is 13.8 Å². The molecule has 0 rings (SSSR count). The lowest BCUT2D eigenvalue weighted by Gasteiger charge is -2.05. The van der Waals surface area contributed by atoms with Gasteiger partial charge in [0.05, 0.1) is 6.54 Å². The van der Waals surface area contributed by atoms with Gasteiger partial charge in [0.2, 0.25) is 5.91 Å². The zero-order valence-electron chi connectivity index (χ0n) is 5.64. The quantitative estimate of drug-likeness (QED) is 0.453. The highest BCUT2D eigenvalue weighted by atomic mass is 16.5. The van der Waals surface area contributed by atoms with Crippen molar-refractivity contribution in [2.24, 2.45) is 0 Å². The second kappa shape index (κ2) is 4.29. The lowest BCUT2D eigenvalue weighted by atomic mass is 10.4. The van der Waals surface area contributed by atoms with E-state index in [0.29, 0.717) is 0 Å². The van der Waals surface area contributed by atoms with E-state index >= 15 is 0 Å². The van der Waals surface area contributed by atoms with Gasteiger partial charge < -0.3 is 10.5 Å². The topological polar surface area (TPSA) is 61.4 Å². The van der Waals surface area contributed by atoms with E-state index in [-0.39, 0.29) is 18.5 Å².